The number of aromatic amines is 1. The van der Waals surface area contributed by atoms with Gasteiger partial charge in [-0.3, -0.25) is 0 Å². The van der Waals surface area contributed by atoms with Gasteiger partial charge in [-0.05, 0) is 24.5 Å². The third-order valence-electron chi connectivity index (χ3n) is 4.83. The summed E-state index contributed by atoms with van der Waals surface area (Å²) in [6.45, 7) is 0. The van der Waals surface area contributed by atoms with E-state index in [1.807, 2.05) is 30.5 Å². The van der Waals surface area contributed by atoms with E-state index in [9.17, 15) is 9.59 Å². The SMILES string of the molecule is COC(=O)[C@H](Cc1c[nH]c2ccccc12)NC(=O)NC1CCCCC1. The number of esters is 1. The molecule has 3 rings (SSSR count). The van der Waals surface area contributed by atoms with E-state index in [2.05, 4.69) is 15.6 Å². The van der Waals surface area contributed by atoms with Crippen LogP contribution in [0.5, 0.6) is 0 Å². The summed E-state index contributed by atoms with van der Waals surface area (Å²) in [5.74, 6) is -0.441. The first kappa shape index (κ1) is 17.3. The summed E-state index contributed by atoms with van der Waals surface area (Å²) < 4.78 is 4.87. The van der Waals surface area contributed by atoms with E-state index in [0.29, 0.717) is 6.42 Å². The van der Waals surface area contributed by atoms with Crippen LogP contribution in [-0.2, 0) is 16.0 Å². The van der Waals surface area contributed by atoms with Crippen molar-refractivity contribution in [2.24, 2.45) is 0 Å². The number of carbonyl (C=O) groups is 2. The van der Waals surface area contributed by atoms with E-state index in [1.165, 1.54) is 13.5 Å². The molecule has 0 radical (unpaired) electrons. The lowest BCUT2D eigenvalue weighted by Crippen LogP contribution is -2.50. The Morgan fingerprint density at radius 1 is 1.24 bits per heavy atom. The molecule has 2 amide bonds. The van der Waals surface area contributed by atoms with Crippen molar-refractivity contribution in [2.45, 2.75) is 50.6 Å². The number of amides is 2. The predicted molar refractivity (Wildman–Crippen MR) is 96.3 cm³/mol. The van der Waals surface area contributed by atoms with Gasteiger partial charge in [-0.2, -0.15) is 0 Å². The number of para-hydroxylation sites is 1. The van der Waals surface area contributed by atoms with E-state index < -0.39 is 12.0 Å². The van der Waals surface area contributed by atoms with Gasteiger partial charge in [-0.15, -0.1) is 0 Å². The summed E-state index contributed by atoms with van der Waals surface area (Å²) in [6.07, 6.45) is 7.76. The van der Waals surface area contributed by atoms with Crippen molar-refractivity contribution >= 4 is 22.9 Å². The molecule has 1 aromatic heterocycles. The highest BCUT2D eigenvalue weighted by molar-refractivity contribution is 5.86. The maximum atomic E-state index is 12.3. The van der Waals surface area contributed by atoms with Crippen LogP contribution < -0.4 is 10.6 Å². The second kappa shape index (κ2) is 8.05. The fourth-order valence-electron chi connectivity index (χ4n) is 3.49. The molecule has 25 heavy (non-hydrogen) atoms. The van der Waals surface area contributed by atoms with Gasteiger partial charge < -0.3 is 20.4 Å². The van der Waals surface area contributed by atoms with Crippen molar-refractivity contribution in [3.63, 3.8) is 0 Å². The largest absolute Gasteiger partial charge is 0.467 e. The van der Waals surface area contributed by atoms with Gasteiger partial charge in [-0.1, -0.05) is 37.5 Å². The first-order chi connectivity index (χ1) is 12.2. The van der Waals surface area contributed by atoms with Crippen molar-refractivity contribution in [2.75, 3.05) is 7.11 Å². The average Bonchev–Trinajstić information content (AvgIpc) is 3.04. The molecule has 1 fully saturated rings. The summed E-state index contributed by atoms with van der Waals surface area (Å²) in [5.41, 5.74) is 1.98. The molecule has 0 unspecified atom stereocenters. The molecule has 3 N–H and O–H groups in total. The normalized spacial score (nSPS) is 16.4. The molecule has 1 atom stereocenters. The summed E-state index contributed by atoms with van der Waals surface area (Å²) in [7, 11) is 1.34. The number of rotatable bonds is 5. The third kappa shape index (κ3) is 4.32. The summed E-state index contributed by atoms with van der Waals surface area (Å²) in [4.78, 5) is 27.6. The number of methoxy groups -OCH3 is 1. The van der Waals surface area contributed by atoms with Gasteiger partial charge in [0, 0.05) is 29.6 Å². The fraction of sp³-hybridized carbons (Fsp3) is 0.474. The highest BCUT2D eigenvalue weighted by Gasteiger charge is 2.24. The van der Waals surface area contributed by atoms with Gasteiger partial charge in [0.1, 0.15) is 6.04 Å². The van der Waals surface area contributed by atoms with Crippen LogP contribution in [-0.4, -0.2) is 36.2 Å². The lowest BCUT2D eigenvalue weighted by molar-refractivity contribution is -0.142. The Labute approximate surface area is 147 Å². The van der Waals surface area contributed by atoms with E-state index in [1.54, 1.807) is 0 Å². The molecule has 0 spiro atoms. The Bertz CT molecular complexity index is 734. The number of H-pyrrole nitrogens is 1. The van der Waals surface area contributed by atoms with Crippen molar-refractivity contribution in [3.8, 4) is 0 Å². The molecule has 1 heterocycles. The van der Waals surface area contributed by atoms with Gasteiger partial charge in [0.15, 0.2) is 0 Å². The van der Waals surface area contributed by atoms with Crippen LogP contribution in [0.15, 0.2) is 30.5 Å². The minimum Gasteiger partial charge on any atom is -0.467 e. The second-order valence-corrected chi connectivity index (χ2v) is 6.59. The van der Waals surface area contributed by atoms with Crippen molar-refractivity contribution in [1.82, 2.24) is 15.6 Å². The van der Waals surface area contributed by atoms with Crippen LogP contribution in [0, 0.1) is 0 Å². The Kier molecular flexibility index (Phi) is 5.58. The smallest absolute Gasteiger partial charge is 0.328 e. The highest BCUT2D eigenvalue weighted by Crippen LogP contribution is 2.20. The Hall–Kier alpha value is -2.50. The molecule has 0 saturated heterocycles. The van der Waals surface area contributed by atoms with Gasteiger partial charge in [-0.25, -0.2) is 9.59 Å². The van der Waals surface area contributed by atoms with Crippen molar-refractivity contribution in [1.29, 1.82) is 0 Å². The summed E-state index contributed by atoms with van der Waals surface area (Å²) >= 11 is 0. The predicted octanol–water partition coefficient (Wildman–Crippen LogP) is 2.88. The number of fused-ring (bicyclic) bond motifs is 1. The minimum atomic E-state index is -0.715. The van der Waals surface area contributed by atoms with Crippen LogP contribution >= 0.6 is 0 Å². The molecular weight excluding hydrogens is 318 g/mol. The number of ether oxygens (including phenoxy) is 1. The van der Waals surface area contributed by atoms with Crippen molar-refractivity contribution < 1.29 is 14.3 Å². The van der Waals surface area contributed by atoms with Gasteiger partial charge in [0.2, 0.25) is 0 Å². The van der Waals surface area contributed by atoms with Gasteiger partial charge >= 0.3 is 12.0 Å². The molecule has 1 saturated carbocycles. The molecule has 6 heteroatoms. The monoisotopic (exact) mass is 343 g/mol. The van der Waals surface area contributed by atoms with Crippen LogP contribution in [0.1, 0.15) is 37.7 Å². The third-order valence-corrected chi connectivity index (χ3v) is 4.83. The van der Waals surface area contributed by atoms with E-state index in [4.69, 9.17) is 4.74 Å². The van der Waals surface area contributed by atoms with Crippen LogP contribution in [0.2, 0.25) is 0 Å². The lowest BCUT2D eigenvalue weighted by Gasteiger charge is -2.24. The molecule has 1 aromatic carbocycles. The van der Waals surface area contributed by atoms with Gasteiger partial charge in [0.05, 0.1) is 7.11 Å². The van der Waals surface area contributed by atoms with Crippen LogP contribution in [0.3, 0.4) is 0 Å². The quantitative estimate of drug-likeness (QED) is 0.730. The number of carbonyl (C=O) groups excluding carboxylic acids is 2. The van der Waals surface area contributed by atoms with Gasteiger partial charge in [0.25, 0.3) is 0 Å². The zero-order valence-corrected chi connectivity index (χ0v) is 14.5. The number of benzene rings is 1. The van der Waals surface area contributed by atoms with E-state index in [-0.39, 0.29) is 12.1 Å². The Morgan fingerprint density at radius 2 is 2.00 bits per heavy atom. The molecular formula is C19H25N3O3. The second-order valence-electron chi connectivity index (χ2n) is 6.59. The minimum absolute atomic E-state index is 0.195. The number of nitrogens with one attached hydrogen (secondary N) is 3. The average molecular weight is 343 g/mol. The highest BCUT2D eigenvalue weighted by atomic mass is 16.5. The molecule has 134 valence electrons. The molecule has 1 aliphatic carbocycles. The van der Waals surface area contributed by atoms with Crippen LogP contribution in [0.4, 0.5) is 4.79 Å². The molecule has 2 aromatic rings. The first-order valence-electron chi connectivity index (χ1n) is 8.87. The molecule has 1 aliphatic rings. The maximum Gasteiger partial charge on any atom is 0.328 e. The van der Waals surface area contributed by atoms with Crippen LogP contribution in [0.25, 0.3) is 10.9 Å². The lowest BCUT2D eigenvalue weighted by atomic mass is 9.96. The first-order valence-corrected chi connectivity index (χ1v) is 8.87. The molecule has 6 nitrogen and oxygen atoms in total. The molecule has 0 aliphatic heterocycles. The maximum absolute atomic E-state index is 12.3. The Morgan fingerprint density at radius 3 is 2.76 bits per heavy atom. The standard InChI is InChI=1S/C19H25N3O3/c1-25-18(23)17(22-19(24)21-14-7-3-2-4-8-14)11-13-12-20-16-10-6-5-9-15(13)16/h5-6,9-10,12,14,17,20H,2-4,7-8,11H2,1H3,(H2,21,22,24)/t17-/m0/s1. The summed E-state index contributed by atoms with van der Waals surface area (Å²) in [6, 6.07) is 7.06. The zero-order valence-electron chi connectivity index (χ0n) is 14.5. The van der Waals surface area contributed by atoms with E-state index >= 15 is 0 Å². The number of aromatic nitrogens is 1. The Balaban J connectivity index is 1.67. The number of hydrogen-bond acceptors (Lipinski definition) is 3. The number of hydrogen-bond donors (Lipinski definition) is 3. The number of urea groups is 1. The zero-order chi connectivity index (χ0) is 17.6. The molecule has 0 bridgehead atoms. The topological polar surface area (TPSA) is 83.2 Å². The fourth-order valence-corrected chi connectivity index (χ4v) is 3.49. The van der Waals surface area contributed by atoms with E-state index in [0.717, 1.165) is 42.1 Å². The van der Waals surface area contributed by atoms with Crippen molar-refractivity contribution in [3.05, 3.63) is 36.0 Å². The summed E-state index contributed by atoms with van der Waals surface area (Å²) in [5, 5.41) is 6.81.